The monoisotopic (exact) mass is 577 g/mol. The fourth-order valence-corrected chi connectivity index (χ4v) is 4.59. The summed E-state index contributed by atoms with van der Waals surface area (Å²) >= 11 is 15.6. The van der Waals surface area contributed by atoms with Crippen molar-refractivity contribution >= 4 is 66.7 Å². The summed E-state index contributed by atoms with van der Waals surface area (Å²) in [6, 6.07) is 10.8. The Kier molecular flexibility index (Phi) is 10.0. The standard InChI is InChI=1S/C22H26BrCl2N3O4S/c1-4-11-26-22(30)15(2)27(13-16-5-7-17(23)8-6-16)21(29)14-28(33(3,31)32)20-12-18(24)9-10-19(20)25/h5-10,12,15H,4,11,13-14H2,1-3H3,(H,26,30)/t15-/m1/s1. The molecule has 0 saturated carbocycles. The zero-order valence-electron chi connectivity index (χ0n) is 18.5. The van der Waals surface area contributed by atoms with Crippen molar-refractivity contribution < 1.29 is 18.0 Å². The zero-order valence-corrected chi connectivity index (χ0v) is 22.4. The van der Waals surface area contributed by atoms with Crippen LogP contribution in [0.25, 0.3) is 0 Å². The molecule has 0 bridgehead atoms. The van der Waals surface area contributed by atoms with Crippen LogP contribution in [0.2, 0.25) is 10.0 Å². The predicted octanol–water partition coefficient (Wildman–Crippen LogP) is 4.47. The Hall–Kier alpha value is -1.81. The molecule has 7 nitrogen and oxygen atoms in total. The number of carbonyl (C=O) groups is 2. The molecule has 2 aromatic carbocycles. The average molecular weight is 579 g/mol. The Morgan fingerprint density at radius 1 is 1.12 bits per heavy atom. The van der Waals surface area contributed by atoms with Crippen LogP contribution in [-0.2, 0) is 26.2 Å². The molecule has 33 heavy (non-hydrogen) atoms. The first-order chi connectivity index (χ1) is 15.4. The summed E-state index contributed by atoms with van der Waals surface area (Å²) in [5, 5.41) is 3.19. The Labute approximate surface area is 213 Å². The number of nitrogens with zero attached hydrogens (tertiary/aromatic N) is 2. The van der Waals surface area contributed by atoms with E-state index in [0.717, 1.165) is 27.0 Å². The van der Waals surface area contributed by atoms with E-state index in [1.54, 1.807) is 6.92 Å². The van der Waals surface area contributed by atoms with Crippen LogP contribution in [0.4, 0.5) is 5.69 Å². The second-order valence-corrected chi connectivity index (χ2v) is 11.1. The smallest absolute Gasteiger partial charge is 0.244 e. The molecule has 0 aliphatic carbocycles. The number of hydrogen-bond acceptors (Lipinski definition) is 4. The van der Waals surface area contributed by atoms with E-state index in [0.29, 0.717) is 6.54 Å². The van der Waals surface area contributed by atoms with E-state index in [4.69, 9.17) is 23.2 Å². The van der Waals surface area contributed by atoms with Gasteiger partial charge < -0.3 is 10.2 Å². The summed E-state index contributed by atoms with van der Waals surface area (Å²) in [7, 11) is -3.89. The molecule has 1 atom stereocenters. The van der Waals surface area contributed by atoms with E-state index >= 15 is 0 Å². The van der Waals surface area contributed by atoms with Crippen molar-refractivity contribution in [1.29, 1.82) is 0 Å². The van der Waals surface area contributed by atoms with Gasteiger partial charge >= 0.3 is 0 Å². The van der Waals surface area contributed by atoms with Gasteiger partial charge in [0.15, 0.2) is 0 Å². The molecule has 2 aromatic rings. The molecule has 11 heteroatoms. The van der Waals surface area contributed by atoms with Crippen LogP contribution in [0.3, 0.4) is 0 Å². The Morgan fingerprint density at radius 2 is 1.76 bits per heavy atom. The summed E-state index contributed by atoms with van der Waals surface area (Å²) in [6.07, 6.45) is 1.72. The van der Waals surface area contributed by atoms with Crippen LogP contribution in [0.15, 0.2) is 46.9 Å². The van der Waals surface area contributed by atoms with Crippen LogP contribution < -0.4 is 9.62 Å². The van der Waals surface area contributed by atoms with Gasteiger partial charge in [0.05, 0.1) is 17.0 Å². The van der Waals surface area contributed by atoms with E-state index in [1.165, 1.54) is 23.1 Å². The Bertz CT molecular complexity index is 1100. The van der Waals surface area contributed by atoms with Gasteiger partial charge in [-0.2, -0.15) is 0 Å². The van der Waals surface area contributed by atoms with Crippen molar-refractivity contribution in [3.63, 3.8) is 0 Å². The number of halogens is 3. The summed E-state index contributed by atoms with van der Waals surface area (Å²) in [5.74, 6) is -0.882. The first-order valence-corrected chi connectivity index (χ1v) is 13.6. The maximum Gasteiger partial charge on any atom is 0.244 e. The first kappa shape index (κ1) is 27.4. The van der Waals surface area contributed by atoms with E-state index < -0.39 is 28.5 Å². The highest BCUT2D eigenvalue weighted by Gasteiger charge is 2.30. The second-order valence-electron chi connectivity index (χ2n) is 7.48. The Morgan fingerprint density at radius 3 is 2.33 bits per heavy atom. The maximum absolute atomic E-state index is 13.4. The molecule has 2 amide bonds. The lowest BCUT2D eigenvalue weighted by molar-refractivity contribution is -0.139. The number of rotatable bonds is 10. The van der Waals surface area contributed by atoms with E-state index in [-0.39, 0.29) is 28.2 Å². The molecule has 0 spiro atoms. The van der Waals surface area contributed by atoms with Gasteiger partial charge in [0.2, 0.25) is 21.8 Å². The molecule has 0 unspecified atom stereocenters. The number of anilines is 1. The van der Waals surface area contributed by atoms with Gasteiger partial charge in [-0.3, -0.25) is 13.9 Å². The summed E-state index contributed by atoms with van der Waals surface area (Å²) in [5.41, 5.74) is 0.875. The molecule has 2 rings (SSSR count). The van der Waals surface area contributed by atoms with Crippen LogP contribution in [0.5, 0.6) is 0 Å². The summed E-state index contributed by atoms with van der Waals surface area (Å²) in [6.45, 7) is 3.58. The average Bonchev–Trinajstić information content (AvgIpc) is 2.75. The quantitative estimate of drug-likeness (QED) is 0.451. The summed E-state index contributed by atoms with van der Waals surface area (Å²) < 4.78 is 26.9. The number of nitrogens with one attached hydrogen (secondary N) is 1. The molecule has 0 fully saturated rings. The number of amides is 2. The number of benzene rings is 2. The molecule has 0 radical (unpaired) electrons. The Balaban J connectivity index is 2.40. The van der Waals surface area contributed by atoms with Crippen LogP contribution in [-0.4, -0.2) is 50.5 Å². The van der Waals surface area contributed by atoms with Gasteiger partial charge in [0.25, 0.3) is 0 Å². The molecule has 1 N–H and O–H groups in total. The van der Waals surface area contributed by atoms with Gasteiger partial charge in [0, 0.05) is 22.6 Å². The van der Waals surface area contributed by atoms with E-state index in [1.807, 2.05) is 31.2 Å². The van der Waals surface area contributed by atoms with Crippen molar-refractivity contribution in [2.24, 2.45) is 0 Å². The number of carbonyl (C=O) groups excluding carboxylic acids is 2. The van der Waals surface area contributed by atoms with Crippen molar-refractivity contribution in [3.8, 4) is 0 Å². The lowest BCUT2D eigenvalue weighted by Crippen LogP contribution is -2.51. The van der Waals surface area contributed by atoms with Gasteiger partial charge in [-0.15, -0.1) is 0 Å². The van der Waals surface area contributed by atoms with Crippen molar-refractivity contribution in [1.82, 2.24) is 10.2 Å². The van der Waals surface area contributed by atoms with Gasteiger partial charge in [-0.1, -0.05) is 58.2 Å². The molecule has 0 saturated heterocycles. The number of hydrogen-bond donors (Lipinski definition) is 1. The van der Waals surface area contributed by atoms with Gasteiger partial charge in [-0.25, -0.2) is 8.42 Å². The highest BCUT2D eigenvalue weighted by Crippen LogP contribution is 2.31. The van der Waals surface area contributed by atoms with Crippen LogP contribution in [0.1, 0.15) is 25.8 Å². The maximum atomic E-state index is 13.4. The minimum Gasteiger partial charge on any atom is -0.354 e. The minimum absolute atomic E-state index is 0.0895. The van der Waals surface area contributed by atoms with Gasteiger partial charge in [0.1, 0.15) is 12.6 Å². The molecule has 0 aromatic heterocycles. The van der Waals surface area contributed by atoms with Crippen LogP contribution >= 0.6 is 39.1 Å². The molecular formula is C22H26BrCl2N3O4S. The van der Waals surface area contributed by atoms with Crippen molar-refractivity contribution in [2.75, 3.05) is 23.7 Å². The topological polar surface area (TPSA) is 86.8 Å². The third kappa shape index (κ3) is 7.88. The number of sulfonamides is 1. The van der Waals surface area contributed by atoms with E-state index in [2.05, 4.69) is 21.2 Å². The van der Waals surface area contributed by atoms with Crippen molar-refractivity contribution in [2.45, 2.75) is 32.9 Å². The molecule has 0 heterocycles. The van der Waals surface area contributed by atoms with Crippen LogP contribution in [0, 0.1) is 0 Å². The highest BCUT2D eigenvalue weighted by molar-refractivity contribution is 9.10. The third-order valence-corrected chi connectivity index (χ3v) is 7.05. The lowest BCUT2D eigenvalue weighted by atomic mass is 10.1. The molecular weight excluding hydrogens is 553 g/mol. The molecule has 0 aliphatic heterocycles. The lowest BCUT2D eigenvalue weighted by Gasteiger charge is -2.31. The largest absolute Gasteiger partial charge is 0.354 e. The summed E-state index contributed by atoms with van der Waals surface area (Å²) in [4.78, 5) is 27.4. The molecule has 0 aliphatic rings. The second kappa shape index (κ2) is 12.1. The van der Waals surface area contributed by atoms with Gasteiger partial charge in [-0.05, 0) is 49.2 Å². The fourth-order valence-electron chi connectivity index (χ4n) is 3.04. The zero-order chi connectivity index (χ0) is 24.8. The highest BCUT2D eigenvalue weighted by atomic mass is 79.9. The third-order valence-electron chi connectivity index (χ3n) is 4.84. The predicted molar refractivity (Wildman–Crippen MR) is 136 cm³/mol. The normalized spacial score (nSPS) is 12.2. The SMILES string of the molecule is CCCNC(=O)[C@@H](C)N(Cc1ccc(Br)cc1)C(=O)CN(c1cc(Cl)ccc1Cl)S(C)(=O)=O. The minimum atomic E-state index is -3.89. The van der Waals surface area contributed by atoms with E-state index in [9.17, 15) is 18.0 Å². The first-order valence-electron chi connectivity index (χ1n) is 10.2. The van der Waals surface area contributed by atoms with Crippen molar-refractivity contribution in [3.05, 3.63) is 62.5 Å². The fraction of sp³-hybridized carbons (Fsp3) is 0.364. The molecule has 180 valence electrons.